The second-order valence-electron chi connectivity index (χ2n) is 9.56. The van der Waals surface area contributed by atoms with Crippen molar-refractivity contribution in [2.45, 2.75) is 75.7 Å². The second kappa shape index (κ2) is 7.47. The largest absolute Gasteiger partial charge is 0.352 e. The van der Waals surface area contributed by atoms with Gasteiger partial charge >= 0.3 is 0 Å². The minimum Gasteiger partial charge on any atom is -0.352 e. The molecule has 4 nitrogen and oxygen atoms in total. The van der Waals surface area contributed by atoms with Crippen LogP contribution >= 0.6 is 15.9 Å². The molecule has 152 valence electrons. The molecule has 3 unspecified atom stereocenters. The summed E-state index contributed by atoms with van der Waals surface area (Å²) >= 11 is 3.98. The lowest BCUT2D eigenvalue weighted by Crippen LogP contribution is -2.58. The van der Waals surface area contributed by atoms with Gasteiger partial charge in [0.05, 0.1) is 5.41 Å². The van der Waals surface area contributed by atoms with E-state index < -0.39 is 0 Å². The standard InChI is InChI=1S/C23H31BrN2O2/c1-3-15(2)26-20(27)19-6-4-5-16(8-19)13-25-21(28)22-9-17-7-18(10-22)12-23(24,11-17)14-22/h4-6,8,15,17-18H,3,7,9-14H2,1-2H3,(H,25,28)(H,26,27). The molecule has 5 heteroatoms. The molecule has 1 aromatic carbocycles. The van der Waals surface area contributed by atoms with Gasteiger partial charge < -0.3 is 10.6 Å². The SMILES string of the molecule is CCC(C)NC(=O)c1cccc(CNC(=O)C23CC4CC(CC(Br)(C4)C2)C3)c1. The molecule has 4 saturated carbocycles. The third-order valence-electron chi connectivity index (χ3n) is 7.10. The van der Waals surface area contributed by atoms with Crippen molar-refractivity contribution < 1.29 is 9.59 Å². The fourth-order valence-corrected chi connectivity index (χ4v) is 7.47. The molecule has 4 fully saturated rings. The van der Waals surface area contributed by atoms with Gasteiger partial charge in [-0.2, -0.15) is 0 Å². The fraction of sp³-hybridized carbons (Fsp3) is 0.652. The number of halogens is 1. The summed E-state index contributed by atoms with van der Waals surface area (Å²) in [6, 6.07) is 7.75. The van der Waals surface area contributed by atoms with E-state index in [1.165, 1.54) is 19.3 Å². The lowest BCUT2D eigenvalue weighted by molar-refractivity contribution is -0.144. The molecule has 28 heavy (non-hydrogen) atoms. The molecule has 2 N–H and O–H groups in total. The second-order valence-corrected chi connectivity index (χ2v) is 11.2. The van der Waals surface area contributed by atoms with Gasteiger partial charge in [0, 0.05) is 22.5 Å². The van der Waals surface area contributed by atoms with E-state index in [4.69, 9.17) is 0 Å². The summed E-state index contributed by atoms with van der Waals surface area (Å²) in [5.41, 5.74) is 1.43. The Labute approximate surface area is 176 Å². The minimum absolute atomic E-state index is 0.0511. The van der Waals surface area contributed by atoms with Crippen molar-refractivity contribution in [3.8, 4) is 0 Å². The van der Waals surface area contributed by atoms with Crippen molar-refractivity contribution in [1.29, 1.82) is 0 Å². The van der Waals surface area contributed by atoms with Crippen LogP contribution in [-0.2, 0) is 11.3 Å². The Balaban J connectivity index is 1.40. The highest BCUT2D eigenvalue weighted by molar-refractivity contribution is 9.10. The van der Waals surface area contributed by atoms with E-state index in [-0.39, 0.29) is 27.6 Å². The molecule has 1 aromatic rings. The molecule has 4 aliphatic rings. The molecule has 5 rings (SSSR count). The van der Waals surface area contributed by atoms with Crippen molar-refractivity contribution in [1.82, 2.24) is 10.6 Å². The molecule has 2 amide bonds. The first-order valence-electron chi connectivity index (χ1n) is 10.7. The van der Waals surface area contributed by atoms with E-state index >= 15 is 0 Å². The topological polar surface area (TPSA) is 58.2 Å². The number of nitrogens with one attached hydrogen (secondary N) is 2. The molecule has 0 spiro atoms. The van der Waals surface area contributed by atoms with Crippen LogP contribution in [0.4, 0.5) is 0 Å². The van der Waals surface area contributed by atoms with Crippen LogP contribution in [0.25, 0.3) is 0 Å². The van der Waals surface area contributed by atoms with E-state index in [9.17, 15) is 9.59 Å². The maximum Gasteiger partial charge on any atom is 0.251 e. The third kappa shape index (κ3) is 3.87. The van der Waals surface area contributed by atoms with E-state index in [2.05, 4.69) is 33.5 Å². The van der Waals surface area contributed by atoms with Gasteiger partial charge in [0.1, 0.15) is 0 Å². The summed E-state index contributed by atoms with van der Waals surface area (Å²) in [7, 11) is 0. The Kier molecular flexibility index (Phi) is 5.32. The predicted molar refractivity (Wildman–Crippen MR) is 114 cm³/mol. The molecule has 0 saturated heterocycles. The highest BCUT2D eigenvalue weighted by Crippen LogP contribution is 2.64. The minimum atomic E-state index is -0.195. The summed E-state index contributed by atoms with van der Waals surface area (Å²) in [5.74, 6) is 1.54. The first kappa shape index (κ1) is 19.9. The average Bonchev–Trinajstić information content (AvgIpc) is 2.64. The summed E-state index contributed by atoms with van der Waals surface area (Å²) < 4.78 is 0.183. The number of hydrogen-bond donors (Lipinski definition) is 2. The summed E-state index contributed by atoms with van der Waals surface area (Å²) in [5, 5.41) is 6.20. The molecule has 0 radical (unpaired) electrons. The van der Waals surface area contributed by atoms with Gasteiger partial charge in [-0.25, -0.2) is 0 Å². The van der Waals surface area contributed by atoms with E-state index in [0.29, 0.717) is 23.9 Å². The first-order chi connectivity index (χ1) is 13.3. The van der Waals surface area contributed by atoms with Crippen molar-refractivity contribution in [3.05, 3.63) is 35.4 Å². The summed E-state index contributed by atoms with van der Waals surface area (Å²) in [4.78, 5) is 25.6. The van der Waals surface area contributed by atoms with Gasteiger partial charge in [-0.1, -0.05) is 35.0 Å². The number of hydrogen-bond acceptors (Lipinski definition) is 2. The summed E-state index contributed by atoms with van der Waals surface area (Å²) in [6.07, 6.45) is 7.71. The maximum atomic E-state index is 13.2. The number of carbonyl (C=O) groups excluding carboxylic acids is 2. The van der Waals surface area contributed by atoms with E-state index in [0.717, 1.165) is 31.2 Å². The Bertz CT molecular complexity index is 764. The van der Waals surface area contributed by atoms with Gasteiger partial charge in [-0.15, -0.1) is 0 Å². The smallest absolute Gasteiger partial charge is 0.251 e. The molecular formula is C23H31BrN2O2. The van der Waals surface area contributed by atoms with Crippen LogP contribution in [0.15, 0.2) is 24.3 Å². The fourth-order valence-electron chi connectivity index (χ4n) is 6.02. The normalized spacial score (nSPS) is 34.1. The van der Waals surface area contributed by atoms with Crippen molar-refractivity contribution in [2.24, 2.45) is 17.3 Å². The van der Waals surface area contributed by atoms with Crippen LogP contribution in [0, 0.1) is 17.3 Å². The quantitative estimate of drug-likeness (QED) is 0.628. The van der Waals surface area contributed by atoms with Gasteiger partial charge in [0.25, 0.3) is 5.91 Å². The van der Waals surface area contributed by atoms with Gasteiger partial charge in [0.2, 0.25) is 5.91 Å². The molecule has 0 heterocycles. The van der Waals surface area contributed by atoms with Gasteiger partial charge in [0.15, 0.2) is 0 Å². The molecular weight excluding hydrogens is 416 g/mol. The zero-order chi connectivity index (χ0) is 19.9. The summed E-state index contributed by atoms with van der Waals surface area (Å²) in [6.45, 7) is 4.54. The van der Waals surface area contributed by atoms with E-state index in [1.807, 2.05) is 31.2 Å². The number of carbonyl (C=O) groups is 2. The predicted octanol–water partition coefficient (Wildman–Crippen LogP) is 4.57. The number of rotatable bonds is 6. The Morgan fingerprint density at radius 2 is 1.93 bits per heavy atom. The molecule has 0 aliphatic heterocycles. The highest BCUT2D eigenvalue weighted by Gasteiger charge is 2.59. The molecule has 0 aromatic heterocycles. The van der Waals surface area contributed by atoms with Crippen molar-refractivity contribution >= 4 is 27.7 Å². The zero-order valence-electron chi connectivity index (χ0n) is 16.9. The van der Waals surface area contributed by atoms with Crippen LogP contribution in [0.2, 0.25) is 0 Å². The monoisotopic (exact) mass is 446 g/mol. The number of amides is 2. The van der Waals surface area contributed by atoms with Crippen LogP contribution in [0.1, 0.15) is 74.7 Å². The van der Waals surface area contributed by atoms with Gasteiger partial charge in [-0.05, 0) is 81.4 Å². The van der Waals surface area contributed by atoms with E-state index in [1.54, 1.807) is 0 Å². The lowest BCUT2D eigenvalue weighted by Gasteiger charge is -2.59. The van der Waals surface area contributed by atoms with Crippen LogP contribution in [-0.4, -0.2) is 22.2 Å². The molecule has 4 bridgehead atoms. The third-order valence-corrected chi connectivity index (χ3v) is 8.03. The Morgan fingerprint density at radius 3 is 2.57 bits per heavy atom. The van der Waals surface area contributed by atoms with Crippen LogP contribution in [0.5, 0.6) is 0 Å². The number of benzene rings is 1. The first-order valence-corrected chi connectivity index (χ1v) is 11.5. The van der Waals surface area contributed by atoms with Crippen molar-refractivity contribution in [3.63, 3.8) is 0 Å². The highest BCUT2D eigenvalue weighted by atomic mass is 79.9. The zero-order valence-corrected chi connectivity index (χ0v) is 18.5. The Morgan fingerprint density at radius 1 is 1.21 bits per heavy atom. The number of alkyl halides is 1. The van der Waals surface area contributed by atoms with Gasteiger partial charge in [-0.3, -0.25) is 9.59 Å². The van der Waals surface area contributed by atoms with Crippen LogP contribution < -0.4 is 10.6 Å². The van der Waals surface area contributed by atoms with Crippen molar-refractivity contribution in [2.75, 3.05) is 0 Å². The average molecular weight is 447 g/mol. The van der Waals surface area contributed by atoms with Crippen LogP contribution in [0.3, 0.4) is 0 Å². The Hall–Kier alpha value is -1.36. The lowest BCUT2D eigenvalue weighted by atomic mass is 9.49. The molecule has 4 aliphatic carbocycles. The molecule has 3 atom stereocenters. The maximum absolute atomic E-state index is 13.2.